The molecule has 1 aliphatic heterocycles. The Labute approximate surface area is 202 Å². The molecule has 1 aliphatic rings. The fourth-order valence-electron chi connectivity index (χ4n) is 4.00. The lowest BCUT2D eigenvalue weighted by Crippen LogP contribution is -2.49. The zero-order valence-electron chi connectivity index (χ0n) is 20.2. The van der Waals surface area contributed by atoms with Crippen LogP contribution in [0.25, 0.3) is 0 Å². The summed E-state index contributed by atoms with van der Waals surface area (Å²) in [6.45, 7) is 7.23. The van der Waals surface area contributed by atoms with Crippen molar-refractivity contribution in [2.75, 3.05) is 33.3 Å². The molecule has 184 valence electrons. The molecule has 6 nitrogen and oxygen atoms in total. The van der Waals surface area contributed by atoms with Crippen molar-refractivity contribution in [3.63, 3.8) is 0 Å². The average Bonchev–Trinajstić information content (AvgIpc) is 2.80. The second-order valence-electron chi connectivity index (χ2n) is 8.89. The van der Waals surface area contributed by atoms with E-state index in [4.69, 9.17) is 4.74 Å². The SMILES string of the molecule is CCCN(C)C[C@H]1Oc2cc(C#Cc3ccccc3F)ccc2S(=O)(=O)N([C@H](C)CO)C[C@@H]1C. The highest BCUT2D eigenvalue weighted by atomic mass is 32.2. The molecule has 3 atom stereocenters. The predicted octanol–water partition coefficient (Wildman–Crippen LogP) is 3.34. The van der Waals surface area contributed by atoms with Crippen LogP contribution >= 0.6 is 0 Å². The van der Waals surface area contributed by atoms with Gasteiger partial charge in [0.15, 0.2) is 0 Å². The van der Waals surface area contributed by atoms with Gasteiger partial charge in [-0.2, -0.15) is 4.31 Å². The third-order valence-corrected chi connectivity index (χ3v) is 8.00. The predicted molar refractivity (Wildman–Crippen MR) is 131 cm³/mol. The number of hydrogen-bond donors (Lipinski definition) is 1. The highest BCUT2D eigenvalue weighted by Gasteiger charge is 2.38. The summed E-state index contributed by atoms with van der Waals surface area (Å²) in [5.41, 5.74) is 0.784. The lowest BCUT2D eigenvalue weighted by Gasteiger charge is -2.37. The maximum Gasteiger partial charge on any atom is 0.247 e. The number of benzene rings is 2. The Bertz CT molecular complexity index is 1160. The first-order chi connectivity index (χ1) is 16.2. The smallest absolute Gasteiger partial charge is 0.247 e. The van der Waals surface area contributed by atoms with Gasteiger partial charge in [-0.15, -0.1) is 0 Å². The number of hydrogen-bond acceptors (Lipinski definition) is 5. The number of halogens is 1. The number of fused-ring (bicyclic) bond motifs is 1. The van der Waals surface area contributed by atoms with Gasteiger partial charge in [0, 0.05) is 30.6 Å². The fraction of sp³-hybridized carbons (Fsp3) is 0.462. The number of aliphatic hydroxyl groups excluding tert-OH is 1. The molecule has 3 rings (SSSR count). The molecular formula is C26H33FN2O4S. The molecule has 0 saturated heterocycles. The van der Waals surface area contributed by atoms with Crippen LogP contribution < -0.4 is 4.74 Å². The summed E-state index contributed by atoms with van der Waals surface area (Å²) >= 11 is 0. The first-order valence-electron chi connectivity index (χ1n) is 11.6. The number of sulfonamides is 1. The van der Waals surface area contributed by atoms with Crippen LogP contribution in [0.1, 0.15) is 38.3 Å². The molecule has 0 saturated carbocycles. The standard InChI is InChI=1S/C26H33FN2O4S/c1-5-14-28(4)17-25-19(2)16-29(20(3)18-30)34(31,32)26-13-11-21(15-24(26)33-25)10-12-22-8-6-7-9-23(22)27/h6-9,11,13,15,19-20,25,30H,5,14,16-18H2,1-4H3/t19-,20+,25+/m0/s1. The van der Waals surface area contributed by atoms with E-state index in [1.54, 1.807) is 37.3 Å². The van der Waals surface area contributed by atoms with Gasteiger partial charge in [-0.3, -0.25) is 0 Å². The first kappa shape index (κ1) is 26.2. The van der Waals surface area contributed by atoms with Gasteiger partial charge in [-0.25, -0.2) is 12.8 Å². The van der Waals surface area contributed by atoms with Gasteiger partial charge < -0.3 is 14.7 Å². The molecule has 0 bridgehead atoms. The molecule has 8 heteroatoms. The topological polar surface area (TPSA) is 70.1 Å². The van der Waals surface area contributed by atoms with E-state index in [9.17, 15) is 17.9 Å². The summed E-state index contributed by atoms with van der Waals surface area (Å²) in [5.74, 6) is 5.41. The summed E-state index contributed by atoms with van der Waals surface area (Å²) in [6, 6.07) is 10.3. The third kappa shape index (κ3) is 5.97. The fourth-order valence-corrected chi connectivity index (χ4v) is 5.83. The van der Waals surface area contributed by atoms with E-state index in [1.807, 2.05) is 14.0 Å². The Balaban J connectivity index is 2.07. The van der Waals surface area contributed by atoms with Gasteiger partial charge in [-0.05, 0) is 57.3 Å². The number of ether oxygens (including phenoxy) is 1. The van der Waals surface area contributed by atoms with E-state index in [0.29, 0.717) is 12.1 Å². The lowest BCUT2D eigenvalue weighted by atomic mass is 10.0. The number of rotatable bonds is 6. The minimum atomic E-state index is -3.91. The minimum Gasteiger partial charge on any atom is -0.487 e. The van der Waals surface area contributed by atoms with E-state index in [0.717, 1.165) is 13.0 Å². The number of aliphatic hydroxyl groups is 1. The van der Waals surface area contributed by atoms with Crippen molar-refractivity contribution in [3.8, 4) is 17.6 Å². The molecular weight excluding hydrogens is 455 g/mol. The molecule has 2 aromatic carbocycles. The van der Waals surface area contributed by atoms with Gasteiger partial charge in [0.1, 0.15) is 22.6 Å². The van der Waals surface area contributed by atoms with Gasteiger partial charge >= 0.3 is 0 Å². The van der Waals surface area contributed by atoms with E-state index < -0.39 is 21.9 Å². The number of likely N-dealkylation sites (N-methyl/N-ethyl adjacent to an activating group) is 1. The van der Waals surface area contributed by atoms with Crippen LogP contribution in [0.5, 0.6) is 5.75 Å². The molecule has 0 unspecified atom stereocenters. The zero-order valence-corrected chi connectivity index (χ0v) is 21.0. The van der Waals surface area contributed by atoms with E-state index in [-0.39, 0.29) is 41.4 Å². The Morgan fingerprint density at radius 3 is 2.68 bits per heavy atom. The Hall–Kier alpha value is -2.44. The monoisotopic (exact) mass is 488 g/mol. The van der Waals surface area contributed by atoms with Crippen LogP contribution in [-0.4, -0.2) is 68.2 Å². The van der Waals surface area contributed by atoms with E-state index in [2.05, 4.69) is 23.7 Å². The summed E-state index contributed by atoms with van der Waals surface area (Å²) in [5, 5.41) is 9.75. The van der Waals surface area contributed by atoms with Gasteiger partial charge in [-0.1, -0.05) is 37.8 Å². The van der Waals surface area contributed by atoms with Crippen LogP contribution in [-0.2, 0) is 10.0 Å². The van der Waals surface area contributed by atoms with E-state index in [1.165, 1.54) is 16.4 Å². The Morgan fingerprint density at radius 2 is 2.00 bits per heavy atom. The van der Waals surface area contributed by atoms with Crippen molar-refractivity contribution < 1.29 is 22.7 Å². The molecule has 0 aliphatic carbocycles. The second-order valence-corrected chi connectivity index (χ2v) is 10.8. The summed E-state index contributed by atoms with van der Waals surface area (Å²) in [7, 11) is -1.90. The molecule has 0 fully saturated rings. The third-order valence-electron chi connectivity index (χ3n) is 5.98. The molecule has 1 N–H and O–H groups in total. The van der Waals surface area contributed by atoms with Crippen molar-refractivity contribution in [2.45, 2.75) is 44.2 Å². The van der Waals surface area contributed by atoms with Gasteiger partial charge in [0.05, 0.1) is 12.2 Å². The molecule has 1 heterocycles. The van der Waals surface area contributed by atoms with Crippen molar-refractivity contribution in [3.05, 3.63) is 59.4 Å². The summed E-state index contributed by atoms with van der Waals surface area (Å²) in [6.07, 6.45) is 0.723. The van der Waals surface area contributed by atoms with Crippen molar-refractivity contribution >= 4 is 10.0 Å². The molecule has 0 aromatic heterocycles. The highest BCUT2D eigenvalue weighted by Crippen LogP contribution is 2.34. The zero-order chi connectivity index (χ0) is 24.9. The van der Waals surface area contributed by atoms with Crippen molar-refractivity contribution in [2.24, 2.45) is 5.92 Å². The van der Waals surface area contributed by atoms with Crippen molar-refractivity contribution in [1.29, 1.82) is 0 Å². The molecule has 0 radical (unpaired) electrons. The Kier molecular flexibility index (Phi) is 8.72. The van der Waals surface area contributed by atoms with E-state index >= 15 is 0 Å². The van der Waals surface area contributed by atoms with Gasteiger partial charge in [0.2, 0.25) is 10.0 Å². The quantitative estimate of drug-likeness (QED) is 0.632. The average molecular weight is 489 g/mol. The lowest BCUT2D eigenvalue weighted by molar-refractivity contribution is 0.0752. The van der Waals surface area contributed by atoms with Crippen LogP contribution in [0, 0.1) is 23.6 Å². The number of nitrogens with zero attached hydrogens (tertiary/aromatic N) is 2. The largest absolute Gasteiger partial charge is 0.487 e. The summed E-state index contributed by atoms with van der Waals surface area (Å²) in [4.78, 5) is 2.21. The minimum absolute atomic E-state index is 0.0410. The normalized spacial score (nSPS) is 20.9. The highest BCUT2D eigenvalue weighted by molar-refractivity contribution is 7.89. The van der Waals surface area contributed by atoms with Crippen LogP contribution in [0.3, 0.4) is 0 Å². The molecule has 0 spiro atoms. The van der Waals surface area contributed by atoms with Crippen molar-refractivity contribution in [1.82, 2.24) is 9.21 Å². The van der Waals surface area contributed by atoms with Crippen LogP contribution in [0.2, 0.25) is 0 Å². The Morgan fingerprint density at radius 1 is 1.26 bits per heavy atom. The summed E-state index contributed by atoms with van der Waals surface area (Å²) < 4.78 is 48.7. The second kappa shape index (κ2) is 11.3. The first-order valence-corrected chi connectivity index (χ1v) is 13.0. The molecule has 2 aromatic rings. The maximum absolute atomic E-state index is 14.0. The molecule has 0 amide bonds. The van der Waals surface area contributed by atoms with Crippen LogP contribution in [0.15, 0.2) is 47.4 Å². The van der Waals surface area contributed by atoms with Crippen LogP contribution in [0.4, 0.5) is 4.39 Å². The molecule has 34 heavy (non-hydrogen) atoms. The maximum atomic E-state index is 14.0. The van der Waals surface area contributed by atoms with Gasteiger partial charge in [0.25, 0.3) is 0 Å².